The molecule has 116 valence electrons. The molecule has 0 aromatic heterocycles. The SMILES string of the molecule is CCCOc1ccc(C=O)c(OC2CCCC(OC)C2)c1. The standard InChI is InChI=1S/C17H24O4/c1-3-9-20-15-8-7-13(12-18)17(11-15)21-16-6-4-5-14(10-16)19-2/h7-8,11-12,14,16H,3-6,9-10H2,1-2H3. The van der Waals surface area contributed by atoms with Gasteiger partial charge in [-0.3, -0.25) is 4.79 Å². The molecule has 4 nitrogen and oxygen atoms in total. The second kappa shape index (κ2) is 8.03. The molecular formula is C17H24O4. The largest absolute Gasteiger partial charge is 0.493 e. The van der Waals surface area contributed by atoms with Gasteiger partial charge in [0.25, 0.3) is 0 Å². The fraction of sp³-hybridized carbons (Fsp3) is 0.588. The van der Waals surface area contributed by atoms with E-state index in [1.807, 2.05) is 12.1 Å². The number of methoxy groups -OCH3 is 1. The lowest BCUT2D eigenvalue weighted by molar-refractivity contribution is 0.0207. The Morgan fingerprint density at radius 1 is 1.29 bits per heavy atom. The molecule has 0 spiro atoms. The molecule has 0 bridgehead atoms. The number of aldehydes is 1. The maximum atomic E-state index is 11.2. The van der Waals surface area contributed by atoms with Crippen LogP contribution in [0.15, 0.2) is 18.2 Å². The van der Waals surface area contributed by atoms with Crippen molar-refractivity contribution in [2.45, 2.75) is 51.2 Å². The Hall–Kier alpha value is -1.55. The van der Waals surface area contributed by atoms with E-state index in [0.717, 1.165) is 44.1 Å². The predicted octanol–water partition coefficient (Wildman–Crippen LogP) is 3.62. The van der Waals surface area contributed by atoms with Gasteiger partial charge >= 0.3 is 0 Å². The van der Waals surface area contributed by atoms with E-state index in [2.05, 4.69) is 6.92 Å². The topological polar surface area (TPSA) is 44.8 Å². The molecule has 1 saturated carbocycles. The smallest absolute Gasteiger partial charge is 0.153 e. The van der Waals surface area contributed by atoms with Gasteiger partial charge in [0.15, 0.2) is 6.29 Å². The average Bonchev–Trinajstić information content (AvgIpc) is 2.53. The van der Waals surface area contributed by atoms with E-state index in [-0.39, 0.29) is 12.2 Å². The fourth-order valence-electron chi connectivity index (χ4n) is 2.63. The van der Waals surface area contributed by atoms with Crippen LogP contribution >= 0.6 is 0 Å². The number of benzene rings is 1. The normalized spacial score (nSPS) is 21.8. The van der Waals surface area contributed by atoms with E-state index < -0.39 is 0 Å². The molecule has 0 N–H and O–H groups in total. The minimum absolute atomic E-state index is 0.101. The second-order valence-electron chi connectivity index (χ2n) is 5.43. The van der Waals surface area contributed by atoms with Crippen molar-refractivity contribution in [3.63, 3.8) is 0 Å². The first-order chi connectivity index (χ1) is 10.3. The van der Waals surface area contributed by atoms with Crippen LogP contribution in [0.3, 0.4) is 0 Å². The quantitative estimate of drug-likeness (QED) is 0.720. The van der Waals surface area contributed by atoms with Crippen LogP contribution < -0.4 is 9.47 Å². The van der Waals surface area contributed by atoms with E-state index in [1.54, 1.807) is 13.2 Å². The third-order valence-electron chi connectivity index (χ3n) is 3.79. The zero-order chi connectivity index (χ0) is 15.1. The average molecular weight is 292 g/mol. The first-order valence-corrected chi connectivity index (χ1v) is 7.68. The van der Waals surface area contributed by atoms with Crippen LogP contribution in [0.4, 0.5) is 0 Å². The van der Waals surface area contributed by atoms with Gasteiger partial charge in [-0.15, -0.1) is 0 Å². The van der Waals surface area contributed by atoms with Gasteiger partial charge in [0, 0.05) is 19.6 Å². The Balaban J connectivity index is 2.07. The summed E-state index contributed by atoms with van der Waals surface area (Å²) in [6, 6.07) is 5.38. The summed E-state index contributed by atoms with van der Waals surface area (Å²) in [5, 5.41) is 0. The molecule has 2 rings (SSSR count). The van der Waals surface area contributed by atoms with Crippen LogP contribution in [-0.2, 0) is 4.74 Å². The third-order valence-corrected chi connectivity index (χ3v) is 3.79. The number of hydrogen-bond acceptors (Lipinski definition) is 4. The molecule has 0 amide bonds. The van der Waals surface area contributed by atoms with Gasteiger partial charge in [-0.05, 0) is 37.8 Å². The second-order valence-corrected chi connectivity index (χ2v) is 5.43. The Bertz CT molecular complexity index is 458. The zero-order valence-electron chi connectivity index (χ0n) is 12.8. The minimum atomic E-state index is 0.101. The lowest BCUT2D eigenvalue weighted by Crippen LogP contribution is -2.29. The molecule has 1 aromatic rings. The van der Waals surface area contributed by atoms with Crippen LogP contribution in [0.5, 0.6) is 11.5 Å². The number of ether oxygens (including phenoxy) is 3. The van der Waals surface area contributed by atoms with Crippen molar-refractivity contribution in [1.82, 2.24) is 0 Å². The van der Waals surface area contributed by atoms with Crippen LogP contribution in [0.2, 0.25) is 0 Å². The molecule has 0 heterocycles. The number of hydrogen-bond donors (Lipinski definition) is 0. The first-order valence-electron chi connectivity index (χ1n) is 7.68. The zero-order valence-corrected chi connectivity index (χ0v) is 12.8. The monoisotopic (exact) mass is 292 g/mol. The molecule has 1 aromatic carbocycles. The van der Waals surface area contributed by atoms with Gasteiger partial charge in [0.1, 0.15) is 17.6 Å². The molecule has 0 aliphatic heterocycles. The van der Waals surface area contributed by atoms with Crippen LogP contribution in [0.1, 0.15) is 49.4 Å². The van der Waals surface area contributed by atoms with Crippen LogP contribution in [0.25, 0.3) is 0 Å². The summed E-state index contributed by atoms with van der Waals surface area (Å²) in [6.45, 7) is 2.72. The molecule has 0 radical (unpaired) electrons. The highest BCUT2D eigenvalue weighted by atomic mass is 16.5. The summed E-state index contributed by atoms with van der Waals surface area (Å²) < 4.78 is 17.1. The summed E-state index contributed by atoms with van der Waals surface area (Å²) in [5.74, 6) is 1.36. The highest BCUT2D eigenvalue weighted by Crippen LogP contribution is 2.29. The van der Waals surface area contributed by atoms with Gasteiger partial charge in [0.05, 0.1) is 18.3 Å². The van der Waals surface area contributed by atoms with Crippen molar-refractivity contribution in [2.24, 2.45) is 0 Å². The lowest BCUT2D eigenvalue weighted by Gasteiger charge is -2.29. The molecule has 2 unspecified atom stereocenters. The molecule has 1 aliphatic carbocycles. The number of rotatable bonds is 7. The highest BCUT2D eigenvalue weighted by molar-refractivity contribution is 5.79. The molecule has 0 saturated heterocycles. The van der Waals surface area contributed by atoms with Crippen molar-refractivity contribution in [1.29, 1.82) is 0 Å². The first kappa shape index (κ1) is 15.8. The molecule has 4 heteroatoms. The van der Waals surface area contributed by atoms with Gasteiger partial charge in [0.2, 0.25) is 0 Å². The van der Waals surface area contributed by atoms with E-state index in [0.29, 0.717) is 17.9 Å². The van der Waals surface area contributed by atoms with Crippen molar-refractivity contribution < 1.29 is 19.0 Å². The summed E-state index contributed by atoms with van der Waals surface area (Å²) in [4.78, 5) is 11.2. The molecule has 1 fully saturated rings. The van der Waals surface area contributed by atoms with Crippen molar-refractivity contribution >= 4 is 6.29 Å². The Kier molecular flexibility index (Phi) is 6.05. The fourth-order valence-corrected chi connectivity index (χ4v) is 2.63. The lowest BCUT2D eigenvalue weighted by atomic mass is 9.95. The minimum Gasteiger partial charge on any atom is -0.493 e. The molecule has 1 aliphatic rings. The van der Waals surface area contributed by atoms with Crippen molar-refractivity contribution in [2.75, 3.05) is 13.7 Å². The van der Waals surface area contributed by atoms with Crippen molar-refractivity contribution in [3.05, 3.63) is 23.8 Å². The molecule has 2 atom stereocenters. The van der Waals surface area contributed by atoms with Crippen LogP contribution in [-0.4, -0.2) is 32.2 Å². The summed E-state index contributed by atoms with van der Waals surface area (Å²) >= 11 is 0. The predicted molar refractivity (Wildman–Crippen MR) is 81.3 cm³/mol. The van der Waals surface area contributed by atoms with E-state index >= 15 is 0 Å². The Labute approximate surface area is 126 Å². The molecular weight excluding hydrogens is 268 g/mol. The summed E-state index contributed by atoms with van der Waals surface area (Å²) in [5.41, 5.74) is 0.568. The van der Waals surface area contributed by atoms with E-state index in [1.165, 1.54) is 0 Å². The van der Waals surface area contributed by atoms with Crippen LogP contribution in [0, 0.1) is 0 Å². The van der Waals surface area contributed by atoms with Gasteiger partial charge in [-0.1, -0.05) is 6.92 Å². The van der Waals surface area contributed by atoms with E-state index in [9.17, 15) is 4.79 Å². The van der Waals surface area contributed by atoms with Gasteiger partial charge < -0.3 is 14.2 Å². The molecule has 21 heavy (non-hydrogen) atoms. The Morgan fingerprint density at radius 2 is 2.10 bits per heavy atom. The van der Waals surface area contributed by atoms with Gasteiger partial charge in [-0.25, -0.2) is 0 Å². The van der Waals surface area contributed by atoms with Gasteiger partial charge in [-0.2, -0.15) is 0 Å². The number of carbonyl (C=O) groups excluding carboxylic acids is 1. The van der Waals surface area contributed by atoms with E-state index in [4.69, 9.17) is 14.2 Å². The highest BCUT2D eigenvalue weighted by Gasteiger charge is 2.23. The summed E-state index contributed by atoms with van der Waals surface area (Å²) in [6.07, 6.45) is 6.17. The maximum Gasteiger partial charge on any atom is 0.153 e. The Morgan fingerprint density at radius 3 is 2.81 bits per heavy atom. The number of carbonyl (C=O) groups is 1. The maximum absolute atomic E-state index is 11.2. The summed E-state index contributed by atoms with van der Waals surface area (Å²) in [7, 11) is 1.74. The van der Waals surface area contributed by atoms with Crippen molar-refractivity contribution in [3.8, 4) is 11.5 Å². The third kappa shape index (κ3) is 4.46.